The molecule has 0 saturated carbocycles. The molecular weight excluding hydrogens is 340 g/mol. The highest BCUT2D eigenvalue weighted by molar-refractivity contribution is 6.04. The van der Waals surface area contributed by atoms with Gasteiger partial charge >= 0.3 is 0 Å². The van der Waals surface area contributed by atoms with Gasteiger partial charge in [-0.1, -0.05) is 54.1 Å². The second-order valence-corrected chi connectivity index (χ2v) is 6.59. The molecule has 0 radical (unpaired) electrons. The van der Waals surface area contributed by atoms with Crippen LogP contribution in [0, 0.1) is 6.92 Å². The number of amides is 2. The number of carbonyl (C=O) groups excluding carboxylic acids is 2. The zero-order chi connectivity index (χ0) is 19.4. The van der Waals surface area contributed by atoms with Crippen LogP contribution < -0.4 is 10.6 Å². The Balaban J connectivity index is 1.81. The standard InChI is InChI=1S/C22H22N2O3/c1-14-7-9-16(10-8-14)20(23-15(2)25)13-22(27)24-19-11-12-21(26)18-6-4-3-5-17(18)19/h3-12,20,26H,13H2,1-2H3,(H,23,25)(H,24,27). The molecule has 0 bridgehead atoms. The molecule has 3 aromatic rings. The van der Waals surface area contributed by atoms with Crippen LogP contribution in [-0.2, 0) is 9.59 Å². The summed E-state index contributed by atoms with van der Waals surface area (Å²) >= 11 is 0. The van der Waals surface area contributed by atoms with Crippen molar-refractivity contribution in [3.05, 3.63) is 71.8 Å². The van der Waals surface area contributed by atoms with E-state index in [9.17, 15) is 14.7 Å². The van der Waals surface area contributed by atoms with Gasteiger partial charge in [0.2, 0.25) is 11.8 Å². The van der Waals surface area contributed by atoms with E-state index >= 15 is 0 Å². The number of hydrogen-bond acceptors (Lipinski definition) is 3. The molecule has 3 rings (SSSR count). The fourth-order valence-corrected chi connectivity index (χ4v) is 3.08. The van der Waals surface area contributed by atoms with E-state index < -0.39 is 6.04 Å². The third-order valence-corrected chi connectivity index (χ3v) is 4.42. The van der Waals surface area contributed by atoms with E-state index in [0.29, 0.717) is 11.1 Å². The molecule has 1 atom stereocenters. The number of phenols is 1. The van der Waals surface area contributed by atoms with Gasteiger partial charge in [0.1, 0.15) is 5.75 Å². The maximum absolute atomic E-state index is 12.6. The highest BCUT2D eigenvalue weighted by Gasteiger charge is 2.18. The third-order valence-electron chi connectivity index (χ3n) is 4.42. The summed E-state index contributed by atoms with van der Waals surface area (Å²) in [4.78, 5) is 24.2. The minimum absolute atomic E-state index is 0.109. The number of fused-ring (bicyclic) bond motifs is 1. The van der Waals surface area contributed by atoms with Crippen molar-refractivity contribution >= 4 is 28.3 Å². The van der Waals surface area contributed by atoms with Crippen molar-refractivity contribution in [2.75, 3.05) is 5.32 Å². The van der Waals surface area contributed by atoms with E-state index in [0.717, 1.165) is 16.5 Å². The van der Waals surface area contributed by atoms with Crippen LogP contribution in [0.15, 0.2) is 60.7 Å². The second-order valence-electron chi connectivity index (χ2n) is 6.59. The lowest BCUT2D eigenvalue weighted by Gasteiger charge is -2.19. The summed E-state index contributed by atoms with van der Waals surface area (Å²) in [5, 5.41) is 17.2. The average molecular weight is 362 g/mol. The molecule has 3 N–H and O–H groups in total. The Morgan fingerprint density at radius 3 is 2.30 bits per heavy atom. The van der Waals surface area contributed by atoms with Gasteiger partial charge in [-0.15, -0.1) is 0 Å². The fourth-order valence-electron chi connectivity index (χ4n) is 3.08. The zero-order valence-corrected chi connectivity index (χ0v) is 15.3. The first kappa shape index (κ1) is 18.5. The lowest BCUT2D eigenvalue weighted by atomic mass is 10.0. The van der Waals surface area contributed by atoms with Crippen molar-refractivity contribution in [3.63, 3.8) is 0 Å². The van der Waals surface area contributed by atoms with Crippen LogP contribution in [0.2, 0.25) is 0 Å². The maximum Gasteiger partial charge on any atom is 0.226 e. The lowest BCUT2D eigenvalue weighted by molar-refractivity contribution is -0.120. The van der Waals surface area contributed by atoms with Crippen molar-refractivity contribution in [2.24, 2.45) is 0 Å². The van der Waals surface area contributed by atoms with Crippen LogP contribution in [0.1, 0.15) is 30.5 Å². The summed E-state index contributed by atoms with van der Waals surface area (Å²) in [5.41, 5.74) is 2.61. The third kappa shape index (κ3) is 4.44. The molecule has 0 aliphatic carbocycles. The monoisotopic (exact) mass is 362 g/mol. The van der Waals surface area contributed by atoms with Gasteiger partial charge in [-0.05, 0) is 24.6 Å². The van der Waals surface area contributed by atoms with Gasteiger partial charge in [-0.25, -0.2) is 0 Å². The number of nitrogens with one attached hydrogen (secondary N) is 2. The minimum Gasteiger partial charge on any atom is -0.507 e. The number of benzene rings is 3. The van der Waals surface area contributed by atoms with Crippen LogP contribution in [0.4, 0.5) is 5.69 Å². The van der Waals surface area contributed by atoms with E-state index in [1.807, 2.05) is 49.4 Å². The first-order valence-corrected chi connectivity index (χ1v) is 8.78. The molecule has 27 heavy (non-hydrogen) atoms. The molecule has 0 aliphatic heterocycles. The van der Waals surface area contributed by atoms with Gasteiger partial charge in [-0.3, -0.25) is 9.59 Å². The van der Waals surface area contributed by atoms with Gasteiger partial charge in [0.15, 0.2) is 0 Å². The molecule has 3 aromatic carbocycles. The fraction of sp³-hybridized carbons (Fsp3) is 0.182. The summed E-state index contributed by atoms with van der Waals surface area (Å²) in [5.74, 6) is -0.243. The number of hydrogen-bond donors (Lipinski definition) is 3. The SMILES string of the molecule is CC(=O)NC(CC(=O)Nc1ccc(O)c2ccccc12)c1ccc(C)cc1. The van der Waals surface area contributed by atoms with Crippen LogP contribution in [0.25, 0.3) is 10.8 Å². The summed E-state index contributed by atoms with van der Waals surface area (Å²) in [6.45, 7) is 3.42. The second kappa shape index (κ2) is 7.91. The molecule has 0 spiro atoms. The Hall–Kier alpha value is -3.34. The molecule has 1 unspecified atom stereocenters. The number of rotatable bonds is 5. The Morgan fingerprint density at radius 1 is 0.963 bits per heavy atom. The Morgan fingerprint density at radius 2 is 1.63 bits per heavy atom. The van der Waals surface area contributed by atoms with Gasteiger partial charge in [-0.2, -0.15) is 0 Å². The molecule has 5 heteroatoms. The molecule has 0 fully saturated rings. The Labute approximate surface area is 158 Å². The van der Waals surface area contributed by atoms with Crippen molar-refractivity contribution in [2.45, 2.75) is 26.3 Å². The molecule has 0 saturated heterocycles. The van der Waals surface area contributed by atoms with Crippen molar-refractivity contribution in [3.8, 4) is 5.75 Å². The summed E-state index contributed by atoms with van der Waals surface area (Å²) < 4.78 is 0. The molecule has 138 valence electrons. The highest BCUT2D eigenvalue weighted by Crippen LogP contribution is 2.31. The van der Waals surface area contributed by atoms with E-state index in [1.165, 1.54) is 6.92 Å². The maximum atomic E-state index is 12.6. The lowest BCUT2D eigenvalue weighted by Crippen LogP contribution is -2.29. The predicted octanol–water partition coefficient (Wildman–Crippen LogP) is 4.06. The van der Waals surface area contributed by atoms with Crippen LogP contribution in [-0.4, -0.2) is 16.9 Å². The van der Waals surface area contributed by atoms with Crippen LogP contribution in [0.5, 0.6) is 5.75 Å². The van der Waals surface area contributed by atoms with Gasteiger partial charge < -0.3 is 15.7 Å². The average Bonchev–Trinajstić information content (AvgIpc) is 2.64. The topological polar surface area (TPSA) is 78.4 Å². The van der Waals surface area contributed by atoms with Crippen LogP contribution >= 0.6 is 0 Å². The first-order chi connectivity index (χ1) is 12.9. The molecule has 5 nitrogen and oxygen atoms in total. The van der Waals surface area contributed by atoms with E-state index in [4.69, 9.17) is 0 Å². The first-order valence-electron chi connectivity index (χ1n) is 8.78. The van der Waals surface area contributed by atoms with Gasteiger partial charge in [0, 0.05) is 23.4 Å². The molecule has 0 heterocycles. The smallest absolute Gasteiger partial charge is 0.226 e. The zero-order valence-electron chi connectivity index (χ0n) is 15.3. The summed E-state index contributed by atoms with van der Waals surface area (Å²) in [6.07, 6.45) is 0.109. The largest absolute Gasteiger partial charge is 0.507 e. The van der Waals surface area contributed by atoms with Crippen molar-refractivity contribution in [1.82, 2.24) is 5.32 Å². The van der Waals surface area contributed by atoms with E-state index in [-0.39, 0.29) is 24.0 Å². The van der Waals surface area contributed by atoms with Gasteiger partial charge in [0.25, 0.3) is 0 Å². The molecule has 2 amide bonds. The van der Waals surface area contributed by atoms with Crippen molar-refractivity contribution in [1.29, 1.82) is 0 Å². The van der Waals surface area contributed by atoms with Crippen molar-refractivity contribution < 1.29 is 14.7 Å². The normalized spacial score (nSPS) is 11.8. The quantitative estimate of drug-likeness (QED) is 0.599. The van der Waals surface area contributed by atoms with Gasteiger partial charge in [0.05, 0.1) is 12.5 Å². The molecule has 0 aliphatic rings. The van der Waals surface area contributed by atoms with E-state index in [2.05, 4.69) is 10.6 Å². The number of phenolic OH excluding ortho intramolecular Hbond substituents is 1. The summed E-state index contributed by atoms with van der Waals surface area (Å²) in [7, 11) is 0. The van der Waals surface area contributed by atoms with Crippen LogP contribution in [0.3, 0.4) is 0 Å². The molecular formula is C22H22N2O3. The van der Waals surface area contributed by atoms with E-state index in [1.54, 1.807) is 18.2 Å². The number of aromatic hydroxyl groups is 1. The Bertz CT molecular complexity index is 981. The number of anilines is 1. The summed E-state index contributed by atoms with van der Waals surface area (Å²) in [6, 6.07) is 17.9. The Kier molecular flexibility index (Phi) is 5.41. The number of carbonyl (C=O) groups is 2. The predicted molar refractivity (Wildman–Crippen MR) is 107 cm³/mol. The highest BCUT2D eigenvalue weighted by atomic mass is 16.3. The number of aryl methyl sites for hydroxylation is 1. The minimum atomic E-state index is -0.411. The molecule has 0 aromatic heterocycles.